The second-order valence-corrected chi connectivity index (χ2v) is 3.73. The van der Waals surface area contributed by atoms with Crippen molar-refractivity contribution in [2.45, 2.75) is 13.0 Å². The van der Waals surface area contributed by atoms with Gasteiger partial charge in [0.2, 0.25) is 0 Å². The van der Waals surface area contributed by atoms with Crippen molar-refractivity contribution in [3.8, 4) is 6.07 Å². The Morgan fingerprint density at radius 3 is 2.82 bits per heavy atom. The van der Waals surface area contributed by atoms with E-state index in [1.54, 1.807) is 31.2 Å². The highest BCUT2D eigenvalue weighted by Gasteiger charge is 2.35. The van der Waals surface area contributed by atoms with E-state index in [0.29, 0.717) is 5.56 Å². The van der Waals surface area contributed by atoms with Gasteiger partial charge in [0.1, 0.15) is 0 Å². The number of hydrogen-bond donors (Lipinski definition) is 0. The molecule has 1 aromatic rings. The zero-order valence-electron chi connectivity index (χ0n) is 9.21. The number of amides is 2. The summed E-state index contributed by atoms with van der Waals surface area (Å²) in [4.78, 5) is 23.9. The first-order valence-electron chi connectivity index (χ1n) is 5.12. The molecule has 1 saturated heterocycles. The fraction of sp³-hybridized carbons (Fsp3) is 0.250. The first-order valence-corrected chi connectivity index (χ1v) is 5.12. The van der Waals surface area contributed by atoms with Gasteiger partial charge in [-0.3, -0.25) is 4.79 Å². The Labute approximate surface area is 98.2 Å². The Hall–Kier alpha value is -2.35. The van der Waals surface area contributed by atoms with Crippen molar-refractivity contribution >= 4 is 12.0 Å². The second-order valence-electron chi connectivity index (χ2n) is 3.73. The van der Waals surface area contributed by atoms with E-state index in [2.05, 4.69) is 4.74 Å². The number of nitriles is 1. The van der Waals surface area contributed by atoms with Gasteiger partial charge in [-0.2, -0.15) is 5.26 Å². The maximum atomic E-state index is 11.5. The third kappa shape index (κ3) is 1.97. The Kier molecular flexibility index (Phi) is 2.79. The monoisotopic (exact) mass is 230 g/mol. The van der Waals surface area contributed by atoms with Gasteiger partial charge >= 0.3 is 6.09 Å². The van der Waals surface area contributed by atoms with E-state index in [9.17, 15) is 9.59 Å². The summed E-state index contributed by atoms with van der Waals surface area (Å²) >= 11 is 0. The summed E-state index contributed by atoms with van der Waals surface area (Å²) in [6.45, 7) is 1.52. The van der Waals surface area contributed by atoms with Crippen molar-refractivity contribution in [3.05, 3.63) is 35.4 Å². The first kappa shape index (κ1) is 11.1. The molecule has 86 valence electrons. The smallest absolute Gasteiger partial charge is 0.417 e. The number of cyclic esters (lactones) is 1. The van der Waals surface area contributed by atoms with Gasteiger partial charge in [0, 0.05) is 0 Å². The summed E-state index contributed by atoms with van der Waals surface area (Å²) in [5.41, 5.74) is 1.23. The molecular formula is C12H10N2O3. The standard InChI is InChI=1S/C12H10N2O3/c1-8(14-11(15)7-17-12(14)16)10-4-2-3-9(5-10)6-13/h2-5,8H,7H2,1H3/t8-/m1/s1. The van der Waals surface area contributed by atoms with Crippen LogP contribution in [0.1, 0.15) is 24.1 Å². The summed E-state index contributed by atoms with van der Waals surface area (Å²) in [6.07, 6.45) is -0.634. The van der Waals surface area contributed by atoms with Gasteiger partial charge in [0.05, 0.1) is 17.7 Å². The highest BCUT2D eigenvalue weighted by atomic mass is 16.6. The van der Waals surface area contributed by atoms with Crippen LogP contribution in [0.25, 0.3) is 0 Å². The fourth-order valence-electron chi connectivity index (χ4n) is 1.76. The quantitative estimate of drug-likeness (QED) is 0.773. The molecule has 5 heteroatoms. The lowest BCUT2D eigenvalue weighted by Crippen LogP contribution is -2.31. The highest BCUT2D eigenvalue weighted by molar-refractivity contribution is 5.98. The highest BCUT2D eigenvalue weighted by Crippen LogP contribution is 2.24. The Bertz CT molecular complexity index is 503. The van der Waals surface area contributed by atoms with Gasteiger partial charge in [0.15, 0.2) is 6.61 Å². The number of rotatable bonds is 2. The van der Waals surface area contributed by atoms with Crippen LogP contribution in [-0.2, 0) is 9.53 Å². The minimum atomic E-state index is -0.634. The van der Waals surface area contributed by atoms with Gasteiger partial charge in [0.25, 0.3) is 5.91 Å². The van der Waals surface area contributed by atoms with Crippen molar-refractivity contribution in [1.29, 1.82) is 5.26 Å². The van der Waals surface area contributed by atoms with Crippen LogP contribution in [0.5, 0.6) is 0 Å². The zero-order valence-corrected chi connectivity index (χ0v) is 9.21. The van der Waals surface area contributed by atoms with Crippen LogP contribution < -0.4 is 0 Å². The number of carbonyl (C=O) groups is 2. The molecule has 1 aliphatic rings. The van der Waals surface area contributed by atoms with E-state index >= 15 is 0 Å². The van der Waals surface area contributed by atoms with Crippen LogP contribution in [0.2, 0.25) is 0 Å². The fourth-order valence-corrected chi connectivity index (χ4v) is 1.76. The van der Waals surface area contributed by atoms with Crippen LogP contribution in [0, 0.1) is 11.3 Å². The molecule has 1 heterocycles. The number of hydrogen-bond acceptors (Lipinski definition) is 4. The minimum Gasteiger partial charge on any atom is -0.439 e. The van der Waals surface area contributed by atoms with Crippen LogP contribution in [-0.4, -0.2) is 23.5 Å². The molecule has 2 rings (SSSR count). The Morgan fingerprint density at radius 2 is 2.24 bits per heavy atom. The van der Waals surface area contributed by atoms with E-state index in [-0.39, 0.29) is 12.5 Å². The molecular weight excluding hydrogens is 220 g/mol. The first-order chi connectivity index (χ1) is 8.13. The normalized spacial score (nSPS) is 16.6. The number of carbonyl (C=O) groups excluding carboxylic acids is 2. The van der Waals surface area contributed by atoms with Gasteiger partial charge in [-0.05, 0) is 24.6 Å². The lowest BCUT2D eigenvalue weighted by molar-refractivity contribution is -0.127. The van der Waals surface area contributed by atoms with Crippen molar-refractivity contribution in [2.75, 3.05) is 6.61 Å². The Morgan fingerprint density at radius 1 is 1.47 bits per heavy atom. The molecule has 0 bridgehead atoms. The lowest BCUT2D eigenvalue weighted by atomic mass is 10.0. The molecule has 17 heavy (non-hydrogen) atoms. The molecule has 1 fully saturated rings. The number of nitrogens with zero attached hydrogens (tertiary/aromatic N) is 2. The molecule has 0 aromatic heterocycles. The van der Waals surface area contributed by atoms with E-state index in [1.165, 1.54) is 0 Å². The van der Waals surface area contributed by atoms with Crippen molar-refractivity contribution in [2.24, 2.45) is 0 Å². The third-order valence-corrected chi connectivity index (χ3v) is 2.67. The van der Waals surface area contributed by atoms with Crippen LogP contribution in [0.3, 0.4) is 0 Å². The maximum Gasteiger partial charge on any atom is 0.417 e. The molecule has 0 radical (unpaired) electrons. The number of imide groups is 1. The molecule has 1 aliphatic heterocycles. The summed E-state index contributed by atoms with van der Waals surface area (Å²) < 4.78 is 4.65. The molecule has 0 saturated carbocycles. The summed E-state index contributed by atoms with van der Waals surface area (Å²) in [5, 5.41) is 8.79. The molecule has 2 amide bonds. The topological polar surface area (TPSA) is 70.4 Å². The average molecular weight is 230 g/mol. The summed E-state index contributed by atoms with van der Waals surface area (Å²) in [5.74, 6) is -0.357. The van der Waals surface area contributed by atoms with Crippen molar-refractivity contribution in [3.63, 3.8) is 0 Å². The molecule has 1 atom stereocenters. The number of benzene rings is 1. The van der Waals surface area contributed by atoms with Crippen LogP contribution in [0.15, 0.2) is 24.3 Å². The number of ether oxygens (including phenoxy) is 1. The van der Waals surface area contributed by atoms with Gasteiger partial charge in [-0.25, -0.2) is 9.69 Å². The van der Waals surface area contributed by atoms with Crippen molar-refractivity contribution < 1.29 is 14.3 Å². The predicted molar refractivity (Wildman–Crippen MR) is 57.8 cm³/mol. The molecule has 0 spiro atoms. The minimum absolute atomic E-state index is 0.207. The van der Waals surface area contributed by atoms with Gasteiger partial charge < -0.3 is 4.74 Å². The van der Waals surface area contributed by atoms with Gasteiger partial charge in [-0.15, -0.1) is 0 Å². The SMILES string of the molecule is C[C@H](c1cccc(C#N)c1)N1C(=O)COC1=O. The molecule has 0 aliphatic carbocycles. The van der Waals surface area contributed by atoms with E-state index in [0.717, 1.165) is 10.5 Å². The lowest BCUT2D eigenvalue weighted by Gasteiger charge is -2.20. The van der Waals surface area contributed by atoms with E-state index in [1.807, 2.05) is 6.07 Å². The molecule has 0 N–H and O–H groups in total. The largest absolute Gasteiger partial charge is 0.439 e. The van der Waals surface area contributed by atoms with Gasteiger partial charge in [-0.1, -0.05) is 12.1 Å². The third-order valence-electron chi connectivity index (χ3n) is 2.67. The maximum absolute atomic E-state index is 11.5. The van der Waals surface area contributed by atoms with E-state index in [4.69, 9.17) is 5.26 Å². The molecule has 0 unspecified atom stereocenters. The summed E-state index contributed by atoms with van der Waals surface area (Å²) in [7, 11) is 0. The van der Waals surface area contributed by atoms with E-state index < -0.39 is 12.1 Å². The van der Waals surface area contributed by atoms with Crippen molar-refractivity contribution in [1.82, 2.24) is 4.90 Å². The Balaban J connectivity index is 2.30. The summed E-state index contributed by atoms with van der Waals surface area (Å²) in [6, 6.07) is 8.40. The van der Waals surface area contributed by atoms with Crippen LogP contribution in [0.4, 0.5) is 4.79 Å². The zero-order chi connectivity index (χ0) is 12.4. The van der Waals surface area contributed by atoms with Crippen LogP contribution >= 0.6 is 0 Å². The average Bonchev–Trinajstić information content (AvgIpc) is 2.68. The molecule has 1 aromatic carbocycles. The predicted octanol–water partition coefficient (Wildman–Crippen LogP) is 1.60. The molecule has 5 nitrogen and oxygen atoms in total. The second kappa shape index (κ2) is 4.26.